The lowest BCUT2D eigenvalue weighted by atomic mass is 9.61. The van der Waals surface area contributed by atoms with Crippen molar-refractivity contribution in [2.24, 2.45) is 11.3 Å². The molecule has 3 heteroatoms. The predicted molar refractivity (Wildman–Crippen MR) is 56.1 cm³/mol. The van der Waals surface area contributed by atoms with E-state index in [4.69, 9.17) is 0 Å². The molecule has 2 aliphatic carbocycles. The van der Waals surface area contributed by atoms with Gasteiger partial charge < -0.3 is 10.2 Å². The summed E-state index contributed by atoms with van der Waals surface area (Å²) < 4.78 is 0. The van der Waals surface area contributed by atoms with E-state index in [-0.39, 0.29) is 17.1 Å². The molecule has 0 spiro atoms. The predicted octanol–water partition coefficient (Wildman–Crippen LogP) is 0.820. The molecule has 2 N–H and O–H groups in total. The minimum atomic E-state index is -0.807. The van der Waals surface area contributed by atoms with Gasteiger partial charge in [0.1, 0.15) is 0 Å². The molecule has 0 amide bonds. The maximum absolute atomic E-state index is 11.6. The molecule has 0 radical (unpaired) electrons. The summed E-state index contributed by atoms with van der Waals surface area (Å²) in [7, 11) is 0. The van der Waals surface area contributed by atoms with Gasteiger partial charge in [-0.05, 0) is 24.1 Å². The van der Waals surface area contributed by atoms with Gasteiger partial charge in [-0.3, -0.25) is 4.79 Å². The molecular formula is C12H16O3. The zero-order chi connectivity index (χ0) is 11.2. The quantitative estimate of drug-likeness (QED) is 0.619. The summed E-state index contributed by atoms with van der Waals surface area (Å²) in [5.41, 5.74) is 0.636. The van der Waals surface area contributed by atoms with Crippen LogP contribution in [0.4, 0.5) is 0 Å². The zero-order valence-electron chi connectivity index (χ0n) is 8.97. The zero-order valence-corrected chi connectivity index (χ0v) is 8.97. The molecule has 15 heavy (non-hydrogen) atoms. The van der Waals surface area contributed by atoms with E-state index in [1.807, 2.05) is 13.8 Å². The van der Waals surface area contributed by atoms with E-state index in [0.717, 1.165) is 5.57 Å². The van der Waals surface area contributed by atoms with Crippen LogP contribution in [0.2, 0.25) is 0 Å². The standard InChI is InChI=1S/C12H16O3/c1-7-9(13)4-3-8-5-10(14)11(15)6-12(7,8)2/h3-5,7,10-11,14-15H,6H2,1-2H3/t7-,10+,11+,12+/m0/s1. The monoisotopic (exact) mass is 208 g/mol. The molecule has 0 aromatic heterocycles. The van der Waals surface area contributed by atoms with Crippen LogP contribution >= 0.6 is 0 Å². The van der Waals surface area contributed by atoms with Crippen LogP contribution in [0, 0.1) is 11.3 Å². The number of allylic oxidation sites excluding steroid dienone is 3. The molecule has 0 aliphatic heterocycles. The molecule has 0 saturated carbocycles. The number of hydrogen-bond acceptors (Lipinski definition) is 3. The van der Waals surface area contributed by atoms with Gasteiger partial charge in [0.15, 0.2) is 5.78 Å². The highest BCUT2D eigenvalue weighted by Crippen LogP contribution is 2.46. The molecule has 4 atom stereocenters. The molecule has 0 heterocycles. The first-order chi connectivity index (χ1) is 6.95. The van der Waals surface area contributed by atoms with Gasteiger partial charge >= 0.3 is 0 Å². The van der Waals surface area contributed by atoms with Crippen molar-refractivity contribution in [1.29, 1.82) is 0 Å². The molecule has 2 rings (SSSR count). The third-order valence-corrected chi connectivity index (χ3v) is 3.85. The largest absolute Gasteiger partial charge is 0.390 e. The number of fused-ring (bicyclic) bond motifs is 1. The highest BCUT2D eigenvalue weighted by Gasteiger charge is 2.44. The first-order valence-corrected chi connectivity index (χ1v) is 5.25. The van der Waals surface area contributed by atoms with Crippen molar-refractivity contribution in [3.8, 4) is 0 Å². The van der Waals surface area contributed by atoms with E-state index in [1.54, 1.807) is 18.2 Å². The minimum Gasteiger partial charge on any atom is -0.390 e. The lowest BCUT2D eigenvalue weighted by Gasteiger charge is -2.43. The molecule has 2 aliphatic rings. The average molecular weight is 208 g/mol. The summed E-state index contributed by atoms with van der Waals surface area (Å²) in [4.78, 5) is 11.6. The number of carbonyl (C=O) groups is 1. The van der Waals surface area contributed by atoms with Crippen LogP contribution in [0.1, 0.15) is 20.3 Å². The summed E-state index contributed by atoms with van der Waals surface area (Å²) in [5.74, 6) is -0.0332. The van der Waals surface area contributed by atoms with Crippen molar-refractivity contribution in [3.05, 3.63) is 23.8 Å². The van der Waals surface area contributed by atoms with Crippen LogP contribution in [0.15, 0.2) is 23.8 Å². The Hall–Kier alpha value is -0.930. The Balaban J connectivity index is 2.47. The SMILES string of the molecule is C[C@H]1C(=O)C=CC2=C[C@@H](O)[C@H](O)C[C@@]21C. The van der Waals surface area contributed by atoms with Gasteiger partial charge in [0, 0.05) is 11.3 Å². The summed E-state index contributed by atoms with van der Waals surface area (Å²) in [6.45, 7) is 3.85. The Morgan fingerprint density at radius 2 is 2.07 bits per heavy atom. The Morgan fingerprint density at radius 3 is 2.73 bits per heavy atom. The van der Waals surface area contributed by atoms with E-state index < -0.39 is 12.2 Å². The lowest BCUT2D eigenvalue weighted by molar-refractivity contribution is -0.122. The first-order valence-electron chi connectivity index (χ1n) is 5.25. The molecule has 0 aromatic rings. The van der Waals surface area contributed by atoms with Crippen LogP contribution in [0.3, 0.4) is 0 Å². The Bertz CT molecular complexity index is 356. The number of hydrogen-bond donors (Lipinski definition) is 2. The number of aliphatic hydroxyl groups excluding tert-OH is 2. The summed E-state index contributed by atoms with van der Waals surface area (Å²) in [6, 6.07) is 0. The van der Waals surface area contributed by atoms with Crippen molar-refractivity contribution in [2.75, 3.05) is 0 Å². The fraction of sp³-hybridized carbons (Fsp3) is 0.583. The van der Waals surface area contributed by atoms with Gasteiger partial charge in [0.05, 0.1) is 12.2 Å². The molecule has 3 nitrogen and oxygen atoms in total. The van der Waals surface area contributed by atoms with Crippen molar-refractivity contribution in [1.82, 2.24) is 0 Å². The normalized spacial score (nSPS) is 44.9. The molecule has 0 bridgehead atoms. The Kier molecular flexibility index (Phi) is 2.32. The Morgan fingerprint density at radius 1 is 1.40 bits per heavy atom. The van der Waals surface area contributed by atoms with Crippen molar-refractivity contribution >= 4 is 5.78 Å². The Labute approximate surface area is 89.1 Å². The van der Waals surface area contributed by atoms with Gasteiger partial charge in [-0.1, -0.05) is 19.9 Å². The summed E-state index contributed by atoms with van der Waals surface area (Å²) in [5, 5.41) is 19.2. The van der Waals surface area contributed by atoms with E-state index in [1.165, 1.54) is 0 Å². The van der Waals surface area contributed by atoms with Gasteiger partial charge in [0.2, 0.25) is 0 Å². The van der Waals surface area contributed by atoms with Gasteiger partial charge in [0.25, 0.3) is 0 Å². The molecular weight excluding hydrogens is 192 g/mol. The highest BCUT2D eigenvalue weighted by atomic mass is 16.3. The second-order valence-electron chi connectivity index (χ2n) is 4.76. The molecule has 0 saturated heterocycles. The number of aliphatic hydroxyl groups is 2. The smallest absolute Gasteiger partial charge is 0.159 e. The molecule has 0 unspecified atom stereocenters. The maximum atomic E-state index is 11.6. The van der Waals surface area contributed by atoms with Crippen LogP contribution in [0.25, 0.3) is 0 Å². The third-order valence-electron chi connectivity index (χ3n) is 3.85. The minimum absolute atomic E-state index is 0.0956. The van der Waals surface area contributed by atoms with Gasteiger partial charge in [-0.25, -0.2) is 0 Å². The van der Waals surface area contributed by atoms with E-state index in [9.17, 15) is 15.0 Å². The lowest BCUT2D eigenvalue weighted by Crippen LogP contribution is -2.44. The highest BCUT2D eigenvalue weighted by molar-refractivity contribution is 5.94. The fourth-order valence-corrected chi connectivity index (χ4v) is 2.46. The van der Waals surface area contributed by atoms with Crippen LogP contribution in [0.5, 0.6) is 0 Å². The summed E-state index contributed by atoms with van der Waals surface area (Å²) >= 11 is 0. The molecule has 82 valence electrons. The van der Waals surface area contributed by atoms with Crippen LogP contribution < -0.4 is 0 Å². The number of rotatable bonds is 0. The molecule has 0 fully saturated rings. The topological polar surface area (TPSA) is 57.5 Å². The second kappa shape index (κ2) is 3.29. The van der Waals surface area contributed by atoms with E-state index >= 15 is 0 Å². The van der Waals surface area contributed by atoms with Gasteiger partial charge in [-0.2, -0.15) is 0 Å². The fourth-order valence-electron chi connectivity index (χ4n) is 2.46. The van der Waals surface area contributed by atoms with Crippen LogP contribution in [-0.4, -0.2) is 28.2 Å². The average Bonchev–Trinajstić information content (AvgIpc) is 2.18. The summed E-state index contributed by atoms with van der Waals surface area (Å²) in [6.07, 6.45) is 3.85. The van der Waals surface area contributed by atoms with Crippen molar-refractivity contribution in [2.45, 2.75) is 32.5 Å². The maximum Gasteiger partial charge on any atom is 0.159 e. The van der Waals surface area contributed by atoms with Crippen LogP contribution in [-0.2, 0) is 4.79 Å². The molecule has 0 aromatic carbocycles. The number of ketones is 1. The first kappa shape index (κ1) is 10.6. The third kappa shape index (κ3) is 1.46. The van der Waals surface area contributed by atoms with E-state index in [0.29, 0.717) is 6.42 Å². The van der Waals surface area contributed by atoms with Gasteiger partial charge in [-0.15, -0.1) is 0 Å². The van der Waals surface area contributed by atoms with Crippen molar-refractivity contribution < 1.29 is 15.0 Å². The van der Waals surface area contributed by atoms with Crippen molar-refractivity contribution in [3.63, 3.8) is 0 Å². The second-order valence-corrected chi connectivity index (χ2v) is 4.76. The number of carbonyl (C=O) groups excluding carboxylic acids is 1. The van der Waals surface area contributed by atoms with E-state index in [2.05, 4.69) is 0 Å².